The average molecular weight is 551 g/mol. The van der Waals surface area contributed by atoms with E-state index in [1.165, 1.54) is 18.3 Å². The lowest BCUT2D eigenvalue weighted by Gasteiger charge is -2.19. The first-order valence-electron chi connectivity index (χ1n) is 11.4. The summed E-state index contributed by atoms with van der Waals surface area (Å²) in [6.07, 6.45) is 1.53. The second kappa shape index (κ2) is 14.7. The Labute approximate surface area is 224 Å². The number of hydrogen-bond donors (Lipinski definition) is 4. The van der Waals surface area contributed by atoms with E-state index in [4.69, 9.17) is 37.1 Å². The van der Waals surface area contributed by atoms with E-state index in [1.54, 1.807) is 37.4 Å². The highest BCUT2D eigenvalue weighted by Crippen LogP contribution is 2.31. The number of nitrogens with zero attached hydrogens (tertiary/aromatic N) is 1. The molecule has 1 heterocycles. The first-order valence-corrected chi connectivity index (χ1v) is 12.2. The fourth-order valence-corrected chi connectivity index (χ4v) is 3.69. The molecule has 3 rings (SSSR count). The van der Waals surface area contributed by atoms with Gasteiger partial charge in [-0.2, -0.15) is 0 Å². The Morgan fingerprint density at radius 2 is 1.95 bits per heavy atom. The summed E-state index contributed by atoms with van der Waals surface area (Å²) in [5.74, 6) is -0.797. The number of amides is 1. The third-order valence-electron chi connectivity index (χ3n) is 5.18. The van der Waals surface area contributed by atoms with Crippen LogP contribution in [0.3, 0.4) is 0 Å². The first kappa shape index (κ1) is 28.6. The molecule has 0 saturated heterocycles. The molecule has 1 amide bonds. The lowest BCUT2D eigenvalue weighted by atomic mass is 10.1. The number of hydrogen-bond acceptors (Lipinski definition) is 8. The Kier molecular flexibility index (Phi) is 11.3. The lowest BCUT2D eigenvalue weighted by Crippen LogP contribution is -2.47. The van der Waals surface area contributed by atoms with Gasteiger partial charge < -0.3 is 29.6 Å². The fraction of sp³-hybridized carbons (Fsp3) is 0.320. The number of halogens is 2. The lowest BCUT2D eigenvalue weighted by molar-refractivity contribution is -0.118. The van der Waals surface area contributed by atoms with Gasteiger partial charge in [0.2, 0.25) is 11.8 Å². The molecular weight excluding hydrogens is 523 g/mol. The first-order chi connectivity index (χ1) is 17.9. The highest BCUT2D eigenvalue weighted by atomic mass is 35.5. The minimum Gasteiger partial charge on any atom is -0.478 e. The molecule has 3 aromatic rings. The summed E-state index contributed by atoms with van der Waals surface area (Å²) < 4.78 is 16.2. The fourth-order valence-electron chi connectivity index (χ4n) is 3.30. The van der Waals surface area contributed by atoms with Gasteiger partial charge in [0.25, 0.3) is 0 Å². The molecule has 1 atom stereocenters. The van der Waals surface area contributed by atoms with E-state index in [0.717, 1.165) is 0 Å². The molecule has 4 N–H and O–H groups in total. The summed E-state index contributed by atoms with van der Waals surface area (Å²) in [5, 5.41) is 19.3. The number of nitrogens with one attached hydrogen (secondary N) is 3. The van der Waals surface area contributed by atoms with E-state index in [-0.39, 0.29) is 24.3 Å². The molecule has 0 aliphatic heterocycles. The minimum atomic E-state index is -1.14. The van der Waals surface area contributed by atoms with E-state index in [9.17, 15) is 14.7 Å². The normalized spacial score (nSPS) is 11.9. The Morgan fingerprint density at radius 3 is 2.73 bits per heavy atom. The van der Waals surface area contributed by atoms with Crippen LogP contribution in [0.1, 0.15) is 16.2 Å². The summed E-state index contributed by atoms with van der Waals surface area (Å²) >= 11 is 12.3. The molecule has 1 aromatic heterocycles. The predicted molar refractivity (Wildman–Crippen MR) is 140 cm³/mol. The standard InChI is InChI=1S/C25H28Cl2N4O6/c1-35-10-11-36-9-8-28-13-21(24(32)31-20-5-3-2-4-17(20)25(33)34)29-15-23-30-14-22(37-23)18-12-16(26)6-7-19(18)27/h2-7,12,14,21,28-29H,8-11,13,15H2,1H3,(H,31,32)(H,33,34). The molecule has 198 valence electrons. The van der Waals surface area contributed by atoms with Crippen LogP contribution >= 0.6 is 23.2 Å². The van der Waals surface area contributed by atoms with Crippen LogP contribution in [0.2, 0.25) is 10.0 Å². The minimum absolute atomic E-state index is 0.00940. The number of oxazole rings is 1. The largest absolute Gasteiger partial charge is 0.478 e. The molecule has 1 unspecified atom stereocenters. The van der Waals surface area contributed by atoms with Crippen molar-refractivity contribution < 1.29 is 28.6 Å². The average Bonchev–Trinajstić information content (AvgIpc) is 3.35. The van der Waals surface area contributed by atoms with E-state index in [1.807, 2.05) is 0 Å². The summed E-state index contributed by atoms with van der Waals surface area (Å²) in [7, 11) is 1.60. The van der Waals surface area contributed by atoms with E-state index >= 15 is 0 Å². The number of carboxylic acid groups (broad SMARTS) is 1. The number of aromatic nitrogens is 1. The molecule has 0 radical (unpaired) electrons. The van der Waals surface area contributed by atoms with Gasteiger partial charge in [0, 0.05) is 30.8 Å². The number of carbonyl (C=O) groups excluding carboxylic acids is 1. The van der Waals surface area contributed by atoms with Crippen LogP contribution in [0.4, 0.5) is 5.69 Å². The van der Waals surface area contributed by atoms with Gasteiger partial charge in [-0.1, -0.05) is 35.3 Å². The molecular formula is C25H28Cl2N4O6. The Bertz CT molecular complexity index is 1190. The van der Waals surface area contributed by atoms with E-state index in [2.05, 4.69) is 20.9 Å². The van der Waals surface area contributed by atoms with Crippen LogP contribution in [0.5, 0.6) is 0 Å². The molecule has 10 nitrogen and oxygen atoms in total. The highest BCUT2D eigenvalue weighted by Gasteiger charge is 2.21. The van der Waals surface area contributed by atoms with Crippen molar-refractivity contribution in [1.29, 1.82) is 0 Å². The zero-order valence-corrected chi connectivity index (χ0v) is 21.6. The number of rotatable bonds is 15. The Balaban J connectivity index is 1.65. The number of benzene rings is 2. The molecule has 0 fully saturated rings. The summed E-state index contributed by atoms with van der Waals surface area (Å²) in [5.41, 5.74) is 0.788. The van der Waals surface area contributed by atoms with Crippen molar-refractivity contribution in [3.05, 3.63) is 70.2 Å². The SMILES string of the molecule is COCCOCCNCC(NCc1ncc(-c2cc(Cl)ccc2Cl)o1)C(=O)Nc1ccccc1C(=O)O. The zero-order chi connectivity index (χ0) is 26.6. The van der Waals surface area contributed by atoms with Gasteiger partial charge in [-0.05, 0) is 30.3 Å². The van der Waals surface area contributed by atoms with Gasteiger partial charge in [0.1, 0.15) is 0 Å². The molecule has 12 heteroatoms. The van der Waals surface area contributed by atoms with Crippen LogP contribution in [0.25, 0.3) is 11.3 Å². The van der Waals surface area contributed by atoms with Gasteiger partial charge in [0.15, 0.2) is 5.76 Å². The molecule has 37 heavy (non-hydrogen) atoms. The molecule has 2 aromatic carbocycles. The van der Waals surface area contributed by atoms with Crippen LogP contribution in [-0.2, 0) is 20.8 Å². The number of aromatic carboxylic acids is 1. The van der Waals surface area contributed by atoms with Gasteiger partial charge in [-0.15, -0.1) is 0 Å². The maximum Gasteiger partial charge on any atom is 0.337 e. The van der Waals surface area contributed by atoms with Crippen molar-refractivity contribution in [2.75, 3.05) is 45.3 Å². The third-order valence-corrected chi connectivity index (χ3v) is 5.75. The quantitative estimate of drug-likeness (QED) is 0.209. The number of carboxylic acids is 1. The van der Waals surface area contributed by atoms with Crippen LogP contribution in [0, 0.1) is 0 Å². The monoisotopic (exact) mass is 550 g/mol. The number of anilines is 1. The van der Waals surface area contributed by atoms with Crippen molar-refractivity contribution in [2.45, 2.75) is 12.6 Å². The highest BCUT2D eigenvalue weighted by molar-refractivity contribution is 6.35. The number of methoxy groups -OCH3 is 1. The van der Waals surface area contributed by atoms with Crippen molar-refractivity contribution in [1.82, 2.24) is 15.6 Å². The second-order valence-electron chi connectivity index (χ2n) is 7.83. The maximum absolute atomic E-state index is 13.1. The Morgan fingerprint density at radius 1 is 1.14 bits per heavy atom. The van der Waals surface area contributed by atoms with Crippen molar-refractivity contribution in [2.24, 2.45) is 0 Å². The second-order valence-corrected chi connectivity index (χ2v) is 8.67. The Hall–Kier alpha value is -2.99. The summed E-state index contributed by atoms with van der Waals surface area (Å²) in [4.78, 5) is 28.9. The van der Waals surface area contributed by atoms with Crippen LogP contribution < -0.4 is 16.0 Å². The summed E-state index contributed by atoms with van der Waals surface area (Å²) in [6.45, 7) is 2.26. The van der Waals surface area contributed by atoms with Gasteiger partial charge in [-0.25, -0.2) is 9.78 Å². The van der Waals surface area contributed by atoms with Crippen molar-refractivity contribution >= 4 is 40.8 Å². The van der Waals surface area contributed by atoms with Crippen LogP contribution in [0.15, 0.2) is 53.1 Å². The number of para-hydroxylation sites is 1. The molecule has 0 saturated carbocycles. The molecule has 0 spiro atoms. The molecule has 0 aliphatic rings. The van der Waals surface area contributed by atoms with Gasteiger partial charge >= 0.3 is 5.97 Å². The zero-order valence-electron chi connectivity index (χ0n) is 20.1. The summed E-state index contributed by atoms with van der Waals surface area (Å²) in [6, 6.07) is 10.5. The van der Waals surface area contributed by atoms with Gasteiger partial charge in [-0.3, -0.25) is 10.1 Å². The smallest absolute Gasteiger partial charge is 0.337 e. The molecule has 0 bridgehead atoms. The van der Waals surface area contributed by atoms with Crippen molar-refractivity contribution in [3.8, 4) is 11.3 Å². The third kappa shape index (κ3) is 8.81. The van der Waals surface area contributed by atoms with Crippen molar-refractivity contribution in [3.63, 3.8) is 0 Å². The maximum atomic E-state index is 13.1. The number of ether oxygens (including phenoxy) is 2. The predicted octanol–water partition coefficient (Wildman–Crippen LogP) is 3.70. The van der Waals surface area contributed by atoms with E-state index < -0.39 is 17.9 Å². The van der Waals surface area contributed by atoms with Crippen LogP contribution in [-0.4, -0.2) is 68.0 Å². The molecule has 0 aliphatic carbocycles. The van der Waals surface area contributed by atoms with E-state index in [0.29, 0.717) is 53.6 Å². The number of carbonyl (C=O) groups is 2. The van der Waals surface area contributed by atoms with Gasteiger partial charge in [0.05, 0.1) is 54.9 Å². The topological polar surface area (TPSA) is 135 Å².